The van der Waals surface area contributed by atoms with E-state index >= 15 is 0 Å². The Morgan fingerprint density at radius 3 is 2.56 bits per heavy atom. The van der Waals surface area contributed by atoms with Crippen LogP contribution >= 0.6 is 11.6 Å². The third-order valence-electron chi connectivity index (χ3n) is 2.01. The van der Waals surface area contributed by atoms with E-state index in [9.17, 15) is 9.90 Å². The number of carboxylic acid groups (broad SMARTS) is 1. The summed E-state index contributed by atoms with van der Waals surface area (Å²) in [5.41, 5.74) is 0.0575. The second-order valence-electron chi connectivity index (χ2n) is 3.07. The molecule has 84 valence electrons. The van der Waals surface area contributed by atoms with Gasteiger partial charge in [-0.25, -0.2) is 4.79 Å². The van der Waals surface area contributed by atoms with Gasteiger partial charge in [0.15, 0.2) is 6.10 Å². The Kier molecular flexibility index (Phi) is 3.85. The van der Waals surface area contributed by atoms with Crippen molar-refractivity contribution in [2.24, 2.45) is 0 Å². The molecule has 2 atom stereocenters. The Morgan fingerprint density at radius 2 is 2.06 bits per heavy atom. The molecule has 0 aromatic heterocycles. The van der Waals surface area contributed by atoms with E-state index in [1.807, 2.05) is 0 Å². The van der Waals surface area contributed by atoms with Gasteiger partial charge in [-0.1, -0.05) is 17.7 Å². The van der Waals surface area contributed by atoms with Crippen molar-refractivity contribution >= 4 is 17.6 Å². The molecule has 1 rings (SSSR count). The van der Waals surface area contributed by atoms with E-state index in [1.54, 1.807) is 6.07 Å². The zero-order valence-electron chi connectivity index (χ0n) is 7.96. The number of aliphatic hydroxyl groups excluding tert-OH is 2. The number of rotatable bonds is 3. The monoisotopic (exact) mass is 241 g/mol. The van der Waals surface area contributed by atoms with Crippen LogP contribution in [0.15, 0.2) is 18.2 Å². The fourth-order valence-corrected chi connectivity index (χ4v) is 1.36. The van der Waals surface area contributed by atoms with Gasteiger partial charge in [0.05, 0.1) is 11.6 Å². The van der Waals surface area contributed by atoms with Gasteiger partial charge in [0.1, 0.15) is 6.10 Å². The Hall–Kier alpha value is -1.61. The summed E-state index contributed by atoms with van der Waals surface area (Å²) in [4.78, 5) is 10.5. The maximum Gasteiger partial charge on any atom is 0.335 e. The number of hydrogen-bond acceptors (Lipinski definition) is 4. The predicted octanol–water partition coefficient (Wildman–Crippen LogP) is 0.691. The molecule has 0 amide bonds. The summed E-state index contributed by atoms with van der Waals surface area (Å²) in [7, 11) is 0. The highest BCUT2D eigenvalue weighted by atomic mass is 35.5. The second kappa shape index (κ2) is 4.94. The average molecular weight is 242 g/mol. The van der Waals surface area contributed by atoms with Crippen LogP contribution in [-0.2, 0) is 4.79 Å². The first-order valence-electron chi connectivity index (χ1n) is 4.26. The molecule has 5 nitrogen and oxygen atoms in total. The minimum absolute atomic E-state index is 0.0281. The summed E-state index contributed by atoms with van der Waals surface area (Å²) >= 11 is 5.63. The van der Waals surface area contributed by atoms with E-state index in [2.05, 4.69) is 0 Å². The molecule has 0 saturated carbocycles. The SMILES string of the molecule is N#Cc1cc(Cl)ccc1C(O)C(O)C(=O)O. The van der Waals surface area contributed by atoms with Gasteiger partial charge in [-0.3, -0.25) is 0 Å². The number of nitriles is 1. The summed E-state index contributed by atoms with van der Waals surface area (Å²) in [6.45, 7) is 0. The van der Waals surface area contributed by atoms with Gasteiger partial charge >= 0.3 is 5.97 Å². The average Bonchev–Trinajstić information content (AvgIpc) is 2.26. The highest BCUT2D eigenvalue weighted by Gasteiger charge is 2.27. The van der Waals surface area contributed by atoms with Crippen molar-refractivity contribution in [3.8, 4) is 6.07 Å². The van der Waals surface area contributed by atoms with Crippen molar-refractivity contribution in [2.45, 2.75) is 12.2 Å². The number of carboxylic acids is 1. The third-order valence-corrected chi connectivity index (χ3v) is 2.24. The van der Waals surface area contributed by atoms with Crippen molar-refractivity contribution in [2.75, 3.05) is 0 Å². The van der Waals surface area contributed by atoms with E-state index in [1.165, 1.54) is 18.2 Å². The molecule has 16 heavy (non-hydrogen) atoms. The van der Waals surface area contributed by atoms with Crippen molar-refractivity contribution in [1.82, 2.24) is 0 Å². The summed E-state index contributed by atoms with van der Waals surface area (Å²) in [5.74, 6) is -1.56. The largest absolute Gasteiger partial charge is 0.479 e. The van der Waals surface area contributed by atoms with Gasteiger partial charge in [0.2, 0.25) is 0 Å². The molecular formula is C10H8ClNO4. The van der Waals surface area contributed by atoms with Crippen LogP contribution in [0, 0.1) is 11.3 Å². The van der Waals surface area contributed by atoms with Crippen LogP contribution in [0.1, 0.15) is 17.2 Å². The number of nitrogens with zero attached hydrogens (tertiary/aromatic N) is 1. The molecule has 1 aromatic carbocycles. The Morgan fingerprint density at radius 1 is 1.44 bits per heavy atom. The van der Waals surface area contributed by atoms with Crippen LogP contribution in [0.25, 0.3) is 0 Å². The molecule has 0 fully saturated rings. The molecule has 1 aromatic rings. The Bertz CT molecular complexity index is 455. The topological polar surface area (TPSA) is 102 Å². The number of carbonyl (C=O) groups is 1. The molecule has 2 unspecified atom stereocenters. The molecule has 0 aliphatic heterocycles. The molecule has 0 heterocycles. The van der Waals surface area contributed by atoms with Gasteiger partial charge in [-0.15, -0.1) is 0 Å². The summed E-state index contributed by atoms with van der Waals surface area (Å²) < 4.78 is 0. The number of aliphatic hydroxyl groups is 2. The molecule has 0 aliphatic carbocycles. The van der Waals surface area contributed by atoms with Gasteiger partial charge in [-0.2, -0.15) is 5.26 Å². The standard InChI is InChI=1S/C10H8ClNO4/c11-6-1-2-7(5(3-6)4-12)8(13)9(14)10(15)16/h1-3,8-9,13-14H,(H,15,16). The smallest absolute Gasteiger partial charge is 0.335 e. The molecule has 0 aliphatic rings. The number of halogens is 1. The van der Waals surface area contributed by atoms with E-state index in [0.29, 0.717) is 0 Å². The number of benzene rings is 1. The zero-order chi connectivity index (χ0) is 12.3. The van der Waals surface area contributed by atoms with Gasteiger partial charge in [0, 0.05) is 10.6 Å². The van der Waals surface area contributed by atoms with Gasteiger partial charge in [-0.05, 0) is 12.1 Å². The Balaban J connectivity index is 3.14. The highest BCUT2D eigenvalue weighted by Crippen LogP contribution is 2.23. The lowest BCUT2D eigenvalue weighted by Crippen LogP contribution is -2.27. The minimum atomic E-state index is -1.98. The molecule has 0 bridgehead atoms. The highest BCUT2D eigenvalue weighted by molar-refractivity contribution is 6.30. The summed E-state index contributed by atoms with van der Waals surface area (Å²) in [6.07, 6.45) is -3.64. The lowest BCUT2D eigenvalue weighted by atomic mass is 9.99. The quantitative estimate of drug-likeness (QED) is 0.723. The first-order chi connectivity index (χ1) is 7.47. The lowest BCUT2D eigenvalue weighted by molar-refractivity contribution is -0.153. The molecule has 0 spiro atoms. The Labute approximate surface area is 96.1 Å². The fraction of sp³-hybridized carbons (Fsp3) is 0.200. The first kappa shape index (κ1) is 12.5. The molecule has 3 N–H and O–H groups in total. The molecule has 6 heteroatoms. The van der Waals surface area contributed by atoms with Crippen molar-refractivity contribution in [1.29, 1.82) is 5.26 Å². The number of aliphatic carboxylic acids is 1. The van der Waals surface area contributed by atoms with Gasteiger partial charge < -0.3 is 15.3 Å². The molecule has 0 saturated heterocycles. The normalized spacial score (nSPS) is 13.9. The minimum Gasteiger partial charge on any atom is -0.479 e. The van der Waals surface area contributed by atoms with Crippen LogP contribution in [0.2, 0.25) is 5.02 Å². The van der Waals surface area contributed by atoms with Crippen LogP contribution in [0.5, 0.6) is 0 Å². The van der Waals surface area contributed by atoms with E-state index in [-0.39, 0.29) is 16.1 Å². The van der Waals surface area contributed by atoms with Crippen molar-refractivity contribution in [3.63, 3.8) is 0 Å². The van der Waals surface area contributed by atoms with E-state index < -0.39 is 18.2 Å². The second-order valence-corrected chi connectivity index (χ2v) is 3.51. The van der Waals surface area contributed by atoms with Crippen molar-refractivity contribution < 1.29 is 20.1 Å². The predicted molar refractivity (Wildman–Crippen MR) is 54.8 cm³/mol. The van der Waals surface area contributed by atoms with Crippen LogP contribution < -0.4 is 0 Å². The molecular weight excluding hydrogens is 234 g/mol. The fourth-order valence-electron chi connectivity index (χ4n) is 1.19. The summed E-state index contributed by atoms with van der Waals surface area (Å²) in [6, 6.07) is 5.75. The first-order valence-corrected chi connectivity index (χ1v) is 4.63. The zero-order valence-corrected chi connectivity index (χ0v) is 8.72. The van der Waals surface area contributed by atoms with Crippen LogP contribution in [-0.4, -0.2) is 27.4 Å². The third kappa shape index (κ3) is 2.49. The van der Waals surface area contributed by atoms with Crippen LogP contribution in [0.4, 0.5) is 0 Å². The lowest BCUT2D eigenvalue weighted by Gasteiger charge is -2.15. The van der Waals surface area contributed by atoms with Gasteiger partial charge in [0.25, 0.3) is 0 Å². The van der Waals surface area contributed by atoms with Crippen LogP contribution in [0.3, 0.4) is 0 Å². The summed E-state index contributed by atoms with van der Waals surface area (Å²) in [5, 5.41) is 36.2. The van der Waals surface area contributed by atoms with E-state index in [4.69, 9.17) is 27.1 Å². The molecule has 0 radical (unpaired) electrons. The van der Waals surface area contributed by atoms with Crippen molar-refractivity contribution in [3.05, 3.63) is 34.3 Å². The maximum absolute atomic E-state index is 10.5. The number of hydrogen-bond donors (Lipinski definition) is 3. The van der Waals surface area contributed by atoms with E-state index in [0.717, 1.165) is 0 Å². The maximum atomic E-state index is 10.5.